The van der Waals surface area contributed by atoms with Crippen LogP contribution in [0.5, 0.6) is 11.5 Å². The molecule has 0 aromatic heterocycles. The molecule has 6 heteroatoms. The number of fused-ring (bicyclic) bond motifs is 2. The number of anilines is 1. The molecule has 0 spiro atoms. The van der Waals surface area contributed by atoms with Crippen molar-refractivity contribution in [3.8, 4) is 11.5 Å². The Morgan fingerprint density at radius 2 is 1.83 bits per heavy atom. The monoisotopic (exact) mass is 377 g/mol. The zero-order chi connectivity index (χ0) is 16.0. The number of rotatable bonds is 1. The molecule has 0 aliphatic carbocycles. The molecular formula is C17H13BrFNO3. The zero-order valence-corrected chi connectivity index (χ0v) is 13.7. The van der Waals surface area contributed by atoms with Crippen molar-refractivity contribution >= 4 is 27.5 Å². The van der Waals surface area contributed by atoms with E-state index in [0.29, 0.717) is 36.0 Å². The number of hydrogen-bond acceptors (Lipinski definition) is 3. The van der Waals surface area contributed by atoms with Gasteiger partial charge in [-0.15, -0.1) is 0 Å². The van der Waals surface area contributed by atoms with Crippen molar-refractivity contribution in [2.45, 2.75) is 12.3 Å². The Hall–Kier alpha value is -2.08. The quantitative estimate of drug-likeness (QED) is 0.821. The van der Waals surface area contributed by atoms with E-state index in [1.807, 2.05) is 6.07 Å². The van der Waals surface area contributed by atoms with Crippen LogP contribution in [0.4, 0.5) is 10.1 Å². The Bertz CT molecular complexity index is 809. The molecule has 2 aromatic carbocycles. The maximum absolute atomic E-state index is 14.3. The van der Waals surface area contributed by atoms with E-state index in [4.69, 9.17) is 9.47 Å². The number of hydrogen-bond donors (Lipinski definition) is 1. The van der Waals surface area contributed by atoms with Gasteiger partial charge in [-0.1, -0.05) is 15.9 Å². The molecule has 1 amide bonds. The lowest BCUT2D eigenvalue weighted by Crippen LogP contribution is -2.25. The van der Waals surface area contributed by atoms with Crippen LogP contribution in [0, 0.1) is 5.82 Å². The first-order valence-corrected chi connectivity index (χ1v) is 8.09. The smallest absolute Gasteiger partial charge is 0.225 e. The summed E-state index contributed by atoms with van der Waals surface area (Å²) in [6.45, 7) is 0.956. The van der Waals surface area contributed by atoms with E-state index >= 15 is 0 Å². The summed E-state index contributed by atoms with van der Waals surface area (Å²) in [7, 11) is 0. The predicted octanol–water partition coefficient (Wildman–Crippen LogP) is 3.83. The largest absolute Gasteiger partial charge is 0.486 e. The summed E-state index contributed by atoms with van der Waals surface area (Å²) in [4.78, 5) is 12.1. The van der Waals surface area contributed by atoms with Gasteiger partial charge in [-0.05, 0) is 35.4 Å². The minimum absolute atomic E-state index is 0.140. The van der Waals surface area contributed by atoms with Gasteiger partial charge in [0, 0.05) is 28.6 Å². The van der Waals surface area contributed by atoms with Gasteiger partial charge in [-0.2, -0.15) is 0 Å². The van der Waals surface area contributed by atoms with Crippen molar-refractivity contribution in [3.63, 3.8) is 0 Å². The molecule has 2 aromatic rings. The van der Waals surface area contributed by atoms with Crippen LogP contribution >= 0.6 is 15.9 Å². The summed E-state index contributed by atoms with van der Waals surface area (Å²) in [5, 5.41) is 2.84. The van der Waals surface area contributed by atoms with Gasteiger partial charge in [0.25, 0.3) is 0 Å². The topological polar surface area (TPSA) is 47.6 Å². The lowest BCUT2D eigenvalue weighted by atomic mass is 9.84. The molecule has 2 heterocycles. The van der Waals surface area contributed by atoms with E-state index in [9.17, 15) is 9.18 Å². The summed E-state index contributed by atoms with van der Waals surface area (Å²) in [6, 6.07) is 8.37. The summed E-state index contributed by atoms with van der Waals surface area (Å²) in [6.07, 6.45) is 0.194. The third-order valence-corrected chi connectivity index (χ3v) is 4.58. The van der Waals surface area contributed by atoms with Crippen molar-refractivity contribution in [1.82, 2.24) is 0 Å². The number of ether oxygens (including phenoxy) is 2. The Morgan fingerprint density at radius 1 is 1.09 bits per heavy atom. The Kier molecular flexibility index (Phi) is 3.49. The first-order valence-electron chi connectivity index (χ1n) is 7.30. The Labute approximate surface area is 140 Å². The Balaban J connectivity index is 1.87. The molecule has 0 fully saturated rings. The highest BCUT2D eigenvalue weighted by Crippen LogP contribution is 2.44. The zero-order valence-electron chi connectivity index (χ0n) is 12.1. The van der Waals surface area contributed by atoms with Crippen LogP contribution in [0.2, 0.25) is 0 Å². The molecule has 1 N–H and O–H groups in total. The Morgan fingerprint density at radius 3 is 2.61 bits per heavy atom. The van der Waals surface area contributed by atoms with Crippen molar-refractivity contribution in [3.05, 3.63) is 51.7 Å². The average molecular weight is 378 g/mol. The maximum Gasteiger partial charge on any atom is 0.225 e. The number of carbonyl (C=O) groups is 1. The molecule has 0 radical (unpaired) electrons. The molecule has 1 atom stereocenters. The SMILES string of the molecule is O=C1C[C@@H](c2cc(Br)ccc2F)c2cc3c(cc2N1)OCCO3. The third-order valence-electron chi connectivity index (χ3n) is 4.09. The number of halogens is 2. The highest BCUT2D eigenvalue weighted by Gasteiger charge is 2.31. The summed E-state index contributed by atoms with van der Waals surface area (Å²) >= 11 is 3.37. The lowest BCUT2D eigenvalue weighted by Gasteiger charge is -2.29. The fraction of sp³-hybridized carbons (Fsp3) is 0.235. The summed E-state index contributed by atoms with van der Waals surface area (Å²) in [5.74, 6) is 0.414. The minimum Gasteiger partial charge on any atom is -0.486 e. The van der Waals surface area contributed by atoms with E-state index in [1.165, 1.54) is 6.07 Å². The van der Waals surface area contributed by atoms with Gasteiger partial charge in [0.05, 0.1) is 0 Å². The van der Waals surface area contributed by atoms with E-state index in [-0.39, 0.29) is 24.1 Å². The maximum atomic E-state index is 14.3. The third kappa shape index (κ3) is 2.57. The van der Waals surface area contributed by atoms with Crippen molar-refractivity contribution in [2.24, 2.45) is 0 Å². The van der Waals surface area contributed by atoms with E-state index in [1.54, 1.807) is 18.2 Å². The van der Waals surface area contributed by atoms with E-state index in [2.05, 4.69) is 21.2 Å². The van der Waals surface area contributed by atoms with Crippen LogP contribution in [0.25, 0.3) is 0 Å². The molecule has 2 aliphatic heterocycles. The molecule has 2 aliphatic rings. The van der Waals surface area contributed by atoms with Crippen LogP contribution in [-0.4, -0.2) is 19.1 Å². The van der Waals surface area contributed by atoms with Gasteiger partial charge < -0.3 is 14.8 Å². The number of nitrogens with one attached hydrogen (secondary N) is 1. The normalized spacial score (nSPS) is 19.0. The van der Waals surface area contributed by atoms with E-state index in [0.717, 1.165) is 10.0 Å². The average Bonchev–Trinajstić information content (AvgIpc) is 2.54. The second-order valence-corrected chi connectivity index (χ2v) is 6.47. The molecule has 0 saturated carbocycles. The summed E-state index contributed by atoms with van der Waals surface area (Å²) in [5.41, 5.74) is 1.98. The highest BCUT2D eigenvalue weighted by atomic mass is 79.9. The summed E-state index contributed by atoms with van der Waals surface area (Å²) < 4.78 is 26.2. The van der Waals surface area contributed by atoms with Gasteiger partial charge in [0.15, 0.2) is 11.5 Å². The molecule has 0 bridgehead atoms. The highest BCUT2D eigenvalue weighted by molar-refractivity contribution is 9.10. The fourth-order valence-corrected chi connectivity index (χ4v) is 3.44. The molecule has 23 heavy (non-hydrogen) atoms. The van der Waals surface area contributed by atoms with Crippen molar-refractivity contribution in [1.29, 1.82) is 0 Å². The van der Waals surface area contributed by atoms with E-state index < -0.39 is 0 Å². The fourth-order valence-electron chi connectivity index (χ4n) is 3.06. The lowest BCUT2D eigenvalue weighted by molar-refractivity contribution is -0.116. The molecule has 0 unspecified atom stereocenters. The first kappa shape index (κ1) is 14.5. The van der Waals surface area contributed by atoms with Gasteiger partial charge >= 0.3 is 0 Å². The van der Waals surface area contributed by atoms with Crippen LogP contribution in [0.1, 0.15) is 23.5 Å². The molecule has 0 saturated heterocycles. The molecular weight excluding hydrogens is 365 g/mol. The number of carbonyl (C=O) groups excluding carboxylic acids is 1. The molecule has 4 nitrogen and oxygen atoms in total. The second-order valence-electron chi connectivity index (χ2n) is 5.55. The molecule has 4 rings (SSSR count). The van der Waals surface area contributed by atoms with Gasteiger partial charge in [-0.3, -0.25) is 4.79 Å². The standard InChI is InChI=1S/C17H13BrFNO3/c18-9-1-2-13(19)11(5-9)10-7-17(21)20-14-8-16-15(6-12(10)14)22-3-4-23-16/h1-2,5-6,8,10H,3-4,7H2,(H,20,21)/t10-/m0/s1. The van der Waals surface area contributed by atoms with Crippen LogP contribution < -0.4 is 14.8 Å². The molecule has 118 valence electrons. The second kappa shape index (κ2) is 5.53. The van der Waals surface area contributed by atoms with Crippen molar-refractivity contribution in [2.75, 3.05) is 18.5 Å². The van der Waals surface area contributed by atoms with Gasteiger partial charge in [-0.25, -0.2) is 4.39 Å². The number of amides is 1. The first-order chi connectivity index (χ1) is 11.1. The van der Waals surface area contributed by atoms with Gasteiger partial charge in [0.2, 0.25) is 5.91 Å². The number of benzene rings is 2. The van der Waals surface area contributed by atoms with Crippen LogP contribution in [-0.2, 0) is 4.79 Å². The minimum atomic E-state index is -0.355. The van der Waals surface area contributed by atoms with Crippen LogP contribution in [0.3, 0.4) is 0 Å². The predicted molar refractivity (Wildman–Crippen MR) is 86.6 cm³/mol. The van der Waals surface area contributed by atoms with Crippen LogP contribution in [0.15, 0.2) is 34.8 Å². The van der Waals surface area contributed by atoms with Crippen molar-refractivity contribution < 1.29 is 18.7 Å². The van der Waals surface area contributed by atoms with Gasteiger partial charge in [0.1, 0.15) is 19.0 Å².